The molecule has 1 heterocycles. The summed E-state index contributed by atoms with van der Waals surface area (Å²) in [5.41, 5.74) is 5.36. The van der Waals surface area contributed by atoms with Gasteiger partial charge in [-0.2, -0.15) is 0 Å². The predicted molar refractivity (Wildman–Crippen MR) is 218 cm³/mol. The van der Waals surface area contributed by atoms with Crippen LogP contribution in [0.25, 0.3) is 0 Å². The van der Waals surface area contributed by atoms with E-state index in [4.69, 9.17) is 8.85 Å². The first kappa shape index (κ1) is 36.4. The first-order chi connectivity index (χ1) is 22.5. The lowest BCUT2D eigenvalue weighted by Crippen LogP contribution is -2.67. The van der Waals surface area contributed by atoms with Gasteiger partial charge in [-0.3, -0.25) is 0 Å². The summed E-state index contributed by atoms with van der Waals surface area (Å²) in [6.07, 6.45) is 0. The molecule has 4 aromatic rings. The Hall–Kier alpha value is -2.85. The van der Waals surface area contributed by atoms with Crippen LogP contribution in [0.4, 0.5) is 0 Å². The highest BCUT2D eigenvalue weighted by Gasteiger charge is 2.52. The van der Waals surface area contributed by atoms with Gasteiger partial charge in [0.2, 0.25) is 0 Å². The van der Waals surface area contributed by atoms with Gasteiger partial charge < -0.3 is 8.85 Å². The molecule has 1 aliphatic rings. The van der Waals surface area contributed by atoms with Gasteiger partial charge >= 0.3 is 0 Å². The summed E-state index contributed by atoms with van der Waals surface area (Å²) < 4.78 is 15.0. The zero-order chi connectivity index (χ0) is 34.8. The van der Waals surface area contributed by atoms with Gasteiger partial charge in [0, 0.05) is 0 Å². The fraction of sp³-hybridized carbons (Fsp3) is 0.333. The summed E-state index contributed by atoms with van der Waals surface area (Å²) in [6.45, 7) is 25.6. The van der Waals surface area contributed by atoms with Gasteiger partial charge in [-0.15, -0.1) is 0 Å². The molecule has 0 aromatic heterocycles. The topological polar surface area (TPSA) is 18.5 Å². The normalized spacial score (nSPS) is 16.6. The van der Waals surface area contributed by atoms with Gasteiger partial charge in [0.1, 0.15) is 16.1 Å². The Balaban J connectivity index is 1.50. The van der Waals surface area contributed by atoms with Crippen molar-refractivity contribution in [1.82, 2.24) is 0 Å². The highest BCUT2D eigenvalue weighted by Crippen LogP contribution is 2.40. The second-order valence-corrected chi connectivity index (χ2v) is 34.0. The Morgan fingerprint density at radius 1 is 0.417 bits per heavy atom. The van der Waals surface area contributed by atoms with E-state index in [1.54, 1.807) is 0 Å². The zero-order valence-electron chi connectivity index (χ0n) is 30.9. The smallest absolute Gasteiger partial charge is 0.261 e. The van der Waals surface area contributed by atoms with Crippen LogP contribution < -0.4 is 20.7 Å². The molecule has 0 amide bonds. The lowest BCUT2D eigenvalue weighted by atomic mass is 10.2. The molecule has 0 aliphatic carbocycles. The average molecular weight is 705 g/mol. The van der Waals surface area contributed by atoms with Crippen molar-refractivity contribution in [2.45, 2.75) is 77.8 Å². The number of hydrogen-bond acceptors (Lipinski definition) is 2. The van der Waals surface area contributed by atoms with Crippen LogP contribution in [0.3, 0.4) is 0 Å². The Bertz CT molecular complexity index is 1510. The lowest BCUT2D eigenvalue weighted by molar-refractivity contribution is 0.332. The fourth-order valence-corrected chi connectivity index (χ4v) is 25.4. The van der Waals surface area contributed by atoms with Crippen molar-refractivity contribution in [3.63, 3.8) is 0 Å². The Labute approximate surface area is 295 Å². The number of rotatable bonds is 10. The molecule has 0 radical (unpaired) electrons. The summed E-state index contributed by atoms with van der Waals surface area (Å²) >= 11 is 0. The van der Waals surface area contributed by atoms with Crippen molar-refractivity contribution in [3.05, 3.63) is 143 Å². The fourth-order valence-electron chi connectivity index (χ4n) is 7.78. The van der Waals surface area contributed by atoms with Crippen molar-refractivity contribution >= 4 is 53.5 Å². The maximum atomic E-state index is 7.52. The lowest BCUT2D eigenvalue weighted by Gasteiger charge is -2.46. The highest BCUT2D eigenvalue weighted by molar-refractivity contribution is 7.01. The molecule has 0 saturated carbocycles. The first-order valence-electron chi connectivity index (χ1n) is 17.5. The van der Waals surface area contributed by atoms with Crippen LogP contribution >= 0.6 is 0 Å². The van der Waals surface area contributed by atoms with Crippen LogP contribution in [0.15, 0.2) is 143 Å². The molecule has 5 rings (SSSR count). The van der Waals surface area contributed by atoms with E-state index >= 15 is 0 Å². The quantitative estimate of drug-likeness (QED) is 0.154. The maximum Gasteiger partial charge on any atom is 0.261 e. The molecule has 0 fully saturated rings. The van der Waals surface area contributed by atoms with Crippen molar-refractivity contribution in [2.24, 2.45) is 0 Å². The van der Waals surface area contributed by atoms with Gasteiger partial charge in [0.05, 0.1) is 13.2 Å². The summed E-state index contributed by atoms with van der Waals surface area (Å²) in [4.78, 5) is 0. The standard InChI is InChI=1S/C42H56O2Si4/c1-41(2,3)47(35-23-15-11-16-24-35,36-25-17-12-18-26-36)43-31-39-33-46(9,10)40(34-45(39,7)8)32-44-48(42(4,5)6,37-27-19-13-20-28-37)38-29-21-14-22-30-38/h11-30,33-34H,31-32H2,1-10H3. The molecule has 6 heteroatoms. The molecule has 0 spiro atoms. The Kier molecular flexibility index (Phi) is 10.5. The van der Waals surface area contributed by atoms with E-state index in [1.165, 1.54) is 31.1 Å². The number of benzene rings is 4. The van der Waals surface area contributed by atoms with E-state index in [9.17, 15) is 0 Å². The van der Waals surface area contributed by atoms with Crippen molar-refractivity contribution < 1.29 is 8.85 Å². The summed E-state index contributed by atoms with van der Waals surface area (Å²) in [5.74, 6) is 0. The molecule has 0 N–H and O–H groups in total. The van der Waals surface area contributed by atoms with Crippen LogP contribution in [-0.4, -0.2) is 46.0 Å². The van der Waals surface area contributed by atoms with E-state index in [-0.39, 0.29) is 10.1 Å². The molecule has 0 saturated heterocycles. The van der Waals surface area contributed by atoms with E-state index in [0.29, 0.717) is 13.2 Å². The van der Waals surface area contributed by atoms with Crippen LogP contribution in [-0.2, 0) is 8.85 Å². The molecule has 0 atom stereocenters. The second-order valence-electron chi connectivity index (χ2n) is 16.7. The van der Waals surface area contributed by atoms with Gasteiger partial charge in [0.25, 0.3) is 16.6 Å². The maximum absolute atomic E-state index is 7.52. The SMILES string of the molecule is CC(C)(C)[Si](OCC1=C[Si](C)(C)C(CO[Si](c2ccccc2)(c2ccccc2)C(C)(C)C)=C[Si]1(C)C)(c1ccccc1)c1ccccc1. The zero-order valence-corrected chi connectivity index (χ0v) is 34.9. The van der Waals surface area contributed by atoms with Gasteiger partial charge in [-0.25, -0.2) is 0 Å². The largest absolute Gasteiger partial charge is 0.404 e. The first-order valence-corrected chi connectivity index (χ1v) is 27.5. The minimum absolute atomic E-state index is 0.0474. The minimum atomic E-state index is -2.64. The molecule has 252 valence electrons. The van der Waals surface area contributed by atoms with Crippen LogP contribution in [0.1, 0.15) is 41.5 Å². The molecule has 2 nitrogen and oxygen atoms in total. The van der Waals surface area contributed by atoms with Crippen molar-refractivity contribution in [3.8, 4) is 0 Å². The molecule has 48 heavy (non-hydrogen) atoms. The highest BCUT2D eigenvalue weighted by atomic mass is 28.4. The van der Waals surface area contributed by atoms with Crippen LogP contribution in [0.2, 0.25) is 36.3 Å². The van der Waals surface area contributed by atoms with E-state index < -0.39 is 32.8 Å². The van der Waals surface area contributed by atoms with E-state index in [1.807, 2.05) is 0 Å². The van der Waals surface area contributed by atoms with E-state index in [2.05, 4.69) is 200 Å². The number of hydrogen-bond donors (Lipinski definition) is 0. The molecule has 0 bridgehead atoms. The third-order valence-electron chi connectivity index (χ3n) is 10.4. The van der Waals surface area contributed by atoms with Gasteiger partial charge in [0.15, 0.2) is 0 Å². The molecular formula is C42H56O2Si4. The summed E-state index contributed by atoms with van der Waals surface area (Å²) in [7, 11) is -9.21. The van der Waals surface area contributed by atoms with Gasteiger partial charge in [-0.05, 0) is 30.8 Å². The third kappa shape index (κ3) is 6.93. The molecule has 4 aromatic carbocycles. The van der Waals surface area contributed by atoms with Crippen molar-refractivity contribution in [1.29, 1.82) is 0 Å². The second kappa shape index (κ2) is 13.8. The van der Waals surface area contributed by atoms with Crippen LogP contribution in [0.5, 0.6) is 0 Å². The molecule has 0 unspecified atom stereocenters. The summed E-state index contributed by atoms with van der Waals surface area (Å²) in [5, 5.41) is 8.32. The van der Waals surface area contributed by atoms with Crippen LogP contribution in [0, 0.1) is 0 Å². The van der Waals surface area contributed by atoms with Crippen molar-refractivity contribution in [2.75, 3.05) is 13.2 Å². The minimum Gasteiger partial charge on any atom is -0.404 e. The molecular weight excluding hydrogens is 649 g/mol. The van der Waals surface area contributed by atoms with E-state index in [0.717, 1.165) is 0 Å². The average Bonchev–Trinajstić information content (AvgIpc) is 3.04. The third-order valence-corrected chi connectivity index (χ3v) is 27.0. The predicted octanol–water partition coefficient (Wildman–Crippen LogP) is 8.58. The monoisotopic (exact) mass is 704 g/mol. The van der Waals surface area contributed by atoms with Gasteiger partial charge in [-0.1, -0.05) is 211 Å². The molecule has 1 aliphatic heterocycles. The Morgan fingerprint density at radius 3 is 0.854 bits per heavy atom. The summed E-state index contributed by atoms with van der Waals surface area (Å²) in [6, 6.07) is 44.2. The Morgan fingerprint density at radius 2 is 0.646 bits per heavy atom.